The Morgan fingerprint density at radius 2 is 1.69 bits per heavy atom. The normalized spacial score (nSPS) is 15.2. The van der Waals surface area contributed by atoms with E-state index in [1.165, 1.54) is 4.88 Å². The zero-order chi connectivity index (χ0) is 26.0. The minimum Gasteiger partial charge on any atom is -0.493 e. The number of anilines is 1. The molecule has 0 aliphatic carbocycles. The van der Waals surface area contributed by atoms with Crippen LogP contribution in [0.1, 0.15) is 59.2 Å². The SMILES string of the molecule is Cc1nc(C)c(CCOc2ccc(-c3c(C)nc(C)c(CC(=O)O)c3N3CCC(C)(C)CC3)cc2)s1. The molecule has 1 aromatic carbocycles. The molecule has 2 aromatic heterocycles. The van der Waals surface area contributed by atoms with Crippen molar-refractivity contribution in [2.75, 3.05) is 24.6 Å². The summed E-state index contributed by atoms with van der Waals surface area (Å²) in [5, 5.41) is 10.8. The molecule has 0 unspecified atom stereocenters. The first-order valence-electron chi connectivity index (χ1n) is 12.7. The lowest BCUT2D eigenvalue weighted by Gasteiger charge is -2.40. The second kappa shape index (κ2) is 10.6. The lowest BCUT2D eigenvalue weighted by atomic mass is 9.82. The van der Waals surface area contributed by atoms with E-state index in [0.717, 1.165) is 82.6 Å². The van der Waals surface area contributed by atoms with Crippen LogP contribution in [0.5, 0.6) is 5.75 Å². The number of hydrogen-bond donors (Lipinski definition) is 1. The fourth-order valence-corrected chi connectivity index (χ4v) is 5.96. The molecule has 3 heterocycles. The molecule has 1 fully saturated rings. The summed E-state index contributed by atoms with van der Waals surface area (Å²) >= 11 is 1.73. The molecule has 1 saturated heterocycles. The number of ether oxygens (including phenoxy) is 1. The first-order chi connectivity index (χ1) is 17.0. The maximum atomic E-state index is 11.8. The summed E-state index contributed by atoms with van der Waals surface area (Å²) < 4.78 is 6.04. The lowest BCUT2D eigenvalue weighted by Crippen LogP contribution is -2.38. The van der Waals surface area contributed by atoms with Crippen LogP contribution >= 0.6 is 11.3 Å². The Morgan fingerprint density at radius 3 is 2.28 bits per heavy atom. The highest BCUT2D eigenvalue weighted by Crippen LogP contribution is 2.41. The van der Waals surface area contributed by atoms with Crippen molar-refractivity contribution >= 4 is 23.0 Å². The van der Waals surface area contributed by atoms with Crippen molar-refractivity contribution in [3.8, 4) is 16.9 Å². The van der Waals surface area contributed by atoms with E-state index in [4.69, 9.17) is 9.72 Å². The molecule has 1 aliphatic heterocycles. The molecule has 0 atom stereocenters. The van der Waals surface area contributed by atoms with E-state index in [0.29, 0.717) is 12.0 Å². The molecule has 7 heteroatoms. The van der Waals surface area contributed by atoms with Gasteiger partial charge < -0.3 is 14.7 Å². The second-order valence-corrected chi connectivity index (χ2v) is 11.9. The van der Waals surface area contributed by atoms with Gasteiger partial charge >= 0.3 is 5.97 Å². The van der Waals surface area contributed by atoms with Gasteiger partial charge in [-0.3, -0.25) is 9.78 Å². The topological polar surface area (TPSA) is 75.5 Å². The lowest BCUT2D eigenvalue weighted by molar-refractivity contribution is -0.136. The van der Waals surface area contributed by atoms with Crippen molar-refractivity contribution in [1.82, 2.24) is 9.97 Å². The number of carbonyl (C=O) groups is 1. The molecule has 6 nitrogen and oxygen atoms in total. The third-order valence-corrected chi connectivity index (χ3v) is 8.29. The number of thiazole rings is 1. The van der Waals surface area contributed by atoms with Gasteiger partial charge in [0.05, 0.1) is 29.4 Å². The highest BCUT2D eigenvalue weighted by atomic mass is 32.1. The summed E-state index contributed by atoms with van der Waals surface area (Å²) in [4.78, 5) is 24.7. The highest BCUT2D eigenvalue weighted by Gasteiger charge is 2.30. The van der Waals surface area contributed by atoms with E-state index in [1.807, 2.05) is 39.8 Å². The van der Waals surface area contributed by atoms with Crippen LogP contribution in [-0.4, -0.2) is 40.7 Å². The van der Waals surface area contributed by atoms with E-state index in [2.05, 4.69) is 35.9 Å². The highest BCUT2D eigenvalue weighted by molar-refractivity contribution is 7.11. The Hall–Kier alpha value is -2.93. The van der Waals surface area contributed by atoms with Crippen molar-refractivity contribution < 1.29 is 14.6 Å². The minimum atomic E-state index is -0.830. The number of carboxylic acid groups (broad SMARTS) is 1. The number of aryl methyl sites for hydroxylation is 4. The van der Waals surface area contributed by atoms with Gasteiger partial charge in [0.2, 0.25) is 0 Å². The van der Waals surface area contributed by atoms with E-state index >= 15 is 0 Å². The molecule has 3 aromatic rings. The van der Waals surface area contributed by atoms with Crippen molar-refractivity contribution in [2.45, 2.75) is 67.2 Å². The quantitative estimate of drug-likeness (QED) is 0.385. The van der Waals surface area contributed by atoms with Crippen LogP contribution in [0.2, 0.25) is 0 Å². The Labute approximate surface area is 218 Å². The van der Waals surface area contributed by atoms with Gasteiger partial charge in [0.15, 0.2) is 0 Å². The summed E-state index contributed by atoms with van der Waals surface area (Å²) in [7, 11) is 0. The van der Waals surface area contributed by atoms with Crippen LogP contribution in [0.3, 0.4) is 0 Å². The minimum absolute atomic E-state index is 0.0288. The summed E-state index contributed by atoms with van der Waals surface area (Å²) in [5.74, 6) is -0.00851. The van der Waals surface area contributed by atoms with Crippen LogP contribution in [-0.2, 0) is 17.6 Å². The third-order valence-electron chi connectivity index (χ3n) is 7.16. The van der Waals surface area contributed by atoms with Crippen LogP contribution in [0.15, 0.2) is 24.3 Å². The van der Waals surface area contributed by atoms with Gasteiger partial charge in [-0.15, -0.1) is 11.3 Å². The number of rotatable bonds is 8. The molecule has 1 N–H and O–H groups in total. The molecule has 0 saturated carbocycles. The van der Waals surface area contributed by atoms with Crippen molar-refractivity contribution in [3.63, 3.8) is 0 Å². The number of aliphatic carboxylic acids is 1. The van der Waals surface area contributed by atoms with E-state index in [1.54, 1.807) is 11.3 Å². The van der Waals surface area contributed by atoms with Gasteiger partial charge in [0.25, 0.3) is 0 Å². The fraction of sp³-hybridized carbons (Fsp3) is 0.483. The molecule has 1 aliphatic rings. The Morgan fingerprint density at radius 1 is 1.03 bits per heavy atom. The number of pyridine rings is 1. The average molecular weight is 508 g/mol. The zero-order valence-electron chi connectivity index (χ0n) is 22.3. The van der Waals surface area contributed by atoms with E-state index in [-0.39, 0.29) is 6.42 Å². The average Bonchev–Trinajstić information content (AvgIpc) is 3.13. The monoisotopic (exact) mass is 507 g/mol. The van der Waals surface area contributed by atoms with Gasteiger partial charge in [-0.05, 0) is 63.6 Å². The number of aromatic nitrogens is 2. The van der Waals surface area contributed by atoms with Crippen molar-refractivity contribution in [1.29, 1.82) is 0 Å². The number of piperidine rings is 1. The predicted octanol–water partition coefficient (Wildman–Crippen LogP) is 6.31. The molecule has 4 rings (SSSR count). The molecule has 36 heavy (non-hydrogen) atoms. The van der Waals surface area contributed by atoms with E-state index in [9.17, 15) is 9.90 Å². The smallest absolute Gasteiger partial charge is 0.307 e. The van der Waals surface area contributed by atoms with Crippen molar-refractivity contribution in [2.24, 2.45) is 5.41 Å². The van der Waals surface area contributed by atoms with Crippen LogP contribution in [0.25, 0.3) is 11.1 Å². The van der Waals surface area contributed by atoms with Crippen LogP contribution in [0, 0.1) is 33.1 Å². The maximum Gasteiger partial charge on any atom is 0.307 e. The fourth-order valence-electron chi connectivity index (χ4n) is 5.05. The number of hydrogen-bond acceptors (Lipinski definition) is 6. The molecular formula is C29H37N3O3S. The van der Waals surface area contributed by atoms with Gasteiger partial charge in [-0.2, -0.15) is 0 Å². The first kappa shape index (κ1) is 26.1. The largest absolute Gasteiger partial charge is 0.493 e. The second-order valence-electron chi connectivity index (χ2n) is 10.6. The van der Waals surface area contributed by atoms with Gasteiger partial charge in [0.1, 0.15) is 5.75 Å². The summed E-state index contributed by atoms with van der Waals surface area (Å²) in [6.45, 7) is 15.1. The Kier molecular flexibility index (Phi) is 7.69. The van der Waals surface area contributed by atoms with Crippen LogP contribution in [0.4, 0.5) is 5.69 Å². The number of benzene rings is 1. The van der Waals surface area contributed by atoms with Crippen LogP contribution < -0.4 is 9.64 Å². The van der Waals surface area contributed by atoms with Gasteiger partial charge in [-0.1, -0.05) is 26.0 Å². The molecule has 0 amide bonds. The number of carboxylic acids is 1. The summed E-state index contributed by atoms with van der Waals surface area (Å²) in [6.07, 6.45) is 2.96. The molecular weight excluding hydrogens is 470 g/mol. The standard InChI is InChI=1S/C29H37N3O3S/c1-18-24(17-26(33)34)28(32-14-12-29(5,6)13-15-32)27(20(3)30-18)22-7-9-23(10-8-22)35-16-11-25-19(2)31-21(4)36-25/h7-10H,11-17H2,1-6H3,(H,33,34). The summed E-state index contributed by atoms with van der Waals surface area (Å²) in [5.41, 5.74) is 7.02. The summed E-state index contributed by atoms with van der Waals surface area (Å²) in [6, 6.07) is 8.14. The van der Waals surface area contributed by atoms with Gasteiger partial charge in [0, 0.05) is 46.9 Å². The molecule has 192 valence electrons. The predicted molar refractivity (Wildman–Crippen MR) is 147 cm³/mol. The third kappa shape index (κ3) is 5.89. The Bertz CT molecular complexity index is 1240. The number of nitrogens with zero attached hydrogens (tertiary/aromatic N) is 3. The Balaban J connectivity index is 1.62. The zero-order valence-corrected chi connectivity index (χ0v) is 23.1. The molecule has 0 radical (unpaired) electrons. The van der Waals surface area contributed by atoms with Crippen molar-refractivity contribution in [3.05, 3.63) is 56.8 Å². The van der Waals surface area contributed by atoms with E-state index < -0.39 is 5.97 Å². The molecule has 0 bridgehead atoms. The first-order valence-corrected chi connectivity index (χ1v) is 13.5. The van der Waals surface area contributed by atoms with Gasteiger partial charge in [-0.25, -0.2) is 4.98 Å². The maximum absolute atomic E-state index is 11.8. The molecule has 0 spiro atoms.